The van der Waals surface area contributed by atoms with Crippen LogP contribution in [0.5, 0.6) is 0 Å². The summed E-state index contributed by atoms with van der Waals surface area (Å²) in [7, 11) is 0. The maximum atomic E-state index is 12.0. The second-order valence-electron chi connectivity index (χ2n) is 5.29. The van der Waals surface area contributed by atoms with Gasteiger partial charge in [0.2, 0.25) is 0 Å². The topological polar surface area (TPSA) is 22.0 Å². The van der Waals surface area contributed by atoms with Gasteiger partial charge in [0.05, 0.1) is 6.54 Å². The van der Waals surface area contributed by atoms with Gasteiger partial charge in [-0.05, 0) is 18.2 Å². The molecule has 0 bridgehead atoms. The van der Waals surface area contributed by atoms with Gasteiger partial charge in [-0.3, -0.25) is 4.79 Å². The van der Waals surface area contributed by atoms with E-state index in [1.165, 1.54) is 0 Å². The van der Waals surface area contributed by atoms with Gasteiger partial charge in [0.1, 0.15) is 0 Å². The summed E-state index contributed by atoms with van der Waals surface area (Å²) in [5.74, 6) is 0.218. The van der Waals surface area contributed by atoms with Crippen molar-refractivity contribution in [1.82, 2.24) is 4.57 Å². The zero-order chi connectivity index (χ0) is 12.6. The summed E-state index contributed by atoms with van der Waals surface area (Å²) >= 11 is 6.10. The van der Waals surface area contributed by atoms with E-state index in [0.29, 0.717) is 6.54 Å². The first-order valence-electron chi connectivity index (χ1n) is 5.66. The Bertz CT molecular complexity index is 563. The van der Waals surface area contributed by atoms with Crippen molar-refractivity contribution in [1.29, 1.82) is 0 Å². The predicted octanol–water partition coefficient (Wildman–Crippen LogP) is 3.91. The monoisotopic (exact) mass is 249 g/mol. The number of Topliss-reactive ketones (excluding diaryl/α,β-unsaturated/α-hetero) is 1. The third-order valence-electron chi connectivity index (χ3n) is 2.91. The normalized spacial score (nSPS) is 12.0. The van der Waals surface area contributed by atoms with Crippen LogP contribution in [0.2, 0.25) is 5.02 Å². The molecule has 0 atom stereocenters. The van der Waals surface area contributed by atoms with E-state index in [2.05, 4.69) is 0 Å². The largest absolute Gasteiger partial charge is 0.340 e. The molecular formula is C14H16ClNO. The molecule has 1 heterocycles. The highest BCUT2D eigenvalue weighted by molar-refractivity contribution is 6.35. The fraction of sp³-hybridized carbons (Fsp3) is 0.357. The van der Waals surface area contributed by atoms with E-state index in [1.54, 1.807) is 0 Å². The van der Waals surface area contributed by atoms with Gasteiger partial charge in [-0.15, -0.1) is 0 Å². The van der Waals surface area contributed by atoms with Gasteiger partial charge in [-0.25, -0.2) is 0 Å². The molecule has 1 aromatic heterocycles. The number of carbonyl (C=O) groups is 1. The molecule has 2 nitrogen and oxygen atoms in total. The molecule has 0 amide bonds. The molecule has 0 aliphatic rings. The summed E-state index contributed by atoms with van der Waals surface area (Å²) in [6.45, 7) is 6.21. The lowest BCUT2D eigenvalue weighted by Crippen LogP contribution is -2.24. The van der Waals surface area contributed by atoms with Gasteiger partial charge >= 0.3 is 0 Å². The second-order valence-corrected chi connectivity index (χ2v) is 5.70. The molecule has 0 unspecified atom stereocenters. The first-order chi connectivity index (χ1) is 7.89. The first-order valence-corrected chi connectivity index (χ1v) is 6.04. The maximum Gasteiger partial charge on any atom is 0.157 e. The number of benzene rings is 1. The average molecular weight is 250 g/mol. The van der Waals surface area contributed by atoms with Crippen molar-refractivity contribution in [3.05, 3.63) is 35.5 Å². The van der Waals surface area contributed by atoms with Crippen molar-refractivity contribution in [3.8, 4) is 0 Å². The Hall–Kier alpha value is -1.28. The Balaban J connectivity index is 2.38. The third-order valence-corrected chi connectivity index (χ3v) is 3.24. The molecule has 0 fully saturated rings. The zero-order valence-corrected chi connectivity index (χ0v) is 11.1. The van der Waals surface area contributed by atoms with Gasteiger partial charge in [0, 0.05) is 27.5 Å². The van der Waals surface area contributed by atoms with Crippen LogP contribution in [0.4, 0.5) is 0 Å². The fourth-order valence-corrected chi connectivity index (χ4v) is 1.95. The van der Waals surface area contributed by atoms with Crippen molar-refractivity contribution in [2.24, 2.45) is 5.41 Å². The zero-order valence-electron chi connectivity index (χ0n) is 10.3. The minimum Gasteiger partial charge on any atom is -0.340 e. The minimum atomic E-state index is -0.310. The molecule has 3 heteroatoms. The van der Waals surface area contributed by atoms with Crippen LogP contribution in [0.1, 0.15) is 20.8 Å². The SMILES string of the molecule is CC(C)(C)C(=O)Cn1ccc2c(Cl)cccc21. The molecule has 2 rings (SSSR count). The Morgan fingerprint density at radius 1 is 1.29 bits per heavy atom. The number of nitrogens with zero attached hydrogens (tertiary/aromatic N) is 1. The van der Waals surface area contributed by atoms with E-state index in [4.69, 9.17) is 11.6 Å². The van der Waals surface area contributed by atoms with Crippen LogP contribution >= 0.6 is 11.6 Å². The molecular weight excluding hydrogens is 234 g/mol. The molecule has 0 saturated carbocycles. The lowest BCUT2D eigenvalue weighted by Gasteiger charge is -2.17. The summed E-state index contributed by atoms with van der Waals surface area (Å²) in [5.41, 5.74) is 0.699. The van der Waals surface area contributed by atoms with Crippen molar-refractivity contribution in [2.75, 3.05) is 0 Å². The molecule has 90 valence electrons. The number of hydrogen-bond acceptors (Lipinski definition) is 1. The summed E-state index contributed by atoms with van der Waals surface area (Å²) in [6, 6.07) is 7.70. The van der Waals surface area contributed by atoms with Gasteiger partial charge in [0.25, 0.3) is 0 Å². The molecule has 0 aliphatic heterocycles. The number of hydrogen-bond donors (Lipinski definition) is 0. The number of fused-ring (bicyclic) bond motifs is 1. The van der Waals surface area contributed by atoms with Crippen LogP contribution in [-0.4, -0.2) is 10.4 Å². The van der Waals surface area contributed by atoms with Crippen LogP contribution in [0.25, 0.3) is 10.9 Å². The third kappa shape index (κ3) is 2.37. The molecule has 0 radical (unpaired) electrons. The van der Waals surface area contributed by atoms with Crippen LogP contribution in [-0.2, 0) is 11.3 Å². The Morgan fingerprint density at radius 2 is 2.00 bits per heavy atom. The van der Waals surface area contributed by atoms with E-state index in [1.807, 2.05) is 55.8 Å². The van der Waals surface area contributed by atoms with Gasteiger partial charge in [-0.1, -0.05) is 38.4 Å². The highest BCUT2D eigenvalue weighted by Crippen LogP contribution is 2.25. The quantitative estimate of drug-likeness (QED) is 0.791. The smallest absolute Gasteiger partial charge is 0.157 e. The summed E-state index contributed by atoms with van der Waals surface area (Å²) in [6.07, 6.45) is 1.92. The molecule has 0 saturated heterocycles. The molecule has 2 aromatic rings. The van der Waals surface area contributed by atoms with Crippen molar-refractivity contribution >= 4 is 28.3 Å². The highest BCUT2D eigenvalue weighted by atomic mass is 35.5. The van der Waals surface area contributed by atoms with Crippen molar-refractivity contribution < 1.29 is 4.79 Å². The standard InChI is InChI=1S/C14H16ClNO/c1-14(2,3)13(17)9-16-8-7-10-11(15)5-4-6-12(10)16/h4-8H,9H2,1-3H3. The first kappa shape index (κ1) is 12.2. The van der Waals surface area contributed by atoms with Gasteiger partial charge < -0.3 is 4.57 Å². The predicted molar refractivity (Wildman–Crippen MR) is 71.4 cm³/mol. The Morgan fingerprint density at radius 3 is 2.65 bits per heavy atom. The minimum absolute atomic E-state index is 0.218. The molecule has 0 N–H and O–H groups in total. The van der Waals surface area contributed by atoms with E-state index in [-0.39, 0.29) is 11.2 Å². The highest BCUT2D eigenvalue weighted by Gasteiger charge is 2.21. The summed E-state index contributed by atoms with van der Waals surface area (Å²) < 4.78 is 1.95. The number of aromatic nitrogens is 1. The van der Waals surface area contributed by atoms with Crippen molar-refractivity contribution in [2.45, 2.75) is 27.3 Å². The number of carbonyl (C=O) groups excluding carboxylic acids is 1. The molecule has 0 aliphatic carbocycles. The Labute approximate surface area is 106 Å². The lowest BCUT2D eigenvalue weighted by molar-refractivity contribution is -0.126. The van der Waals surface area contributed by atoms with Crippen LogP contribution in [0.15, 0.2) is 30.5 Å². The lowest BCUT2D eigenvalue weighted by atomic mass is 9.91. The number of ketones is 1. The Kier molecular flexibility index (Phi) is 3.00. The van der Waals surface area contributed by atoms with Gasteiger partial charge in [-0.2, -0.15) is 0 Å². The molecule has 1 aromatic carbocycles. The van der Waals surface area contributed by atoms with Crippen LogP contribution < -0.4 is 0 Å². The van der Waals surface area contributed by atoms with Crippen molar-refractivity contribution in [3.63, 3.8) is 0 Å². The average Bonchev–Trinajstić information content (AvgIpc) is 2.62. The fourth-order valence-electron chi connectivity index (χ4n) is 1.72. The van der Waals surface area contributed by atoms with E-state index >= 15 is 0 Å². The van der Waals surface area contributed by atoms with Gasteiger partial charge in [0.15, 0.2) is 5.78 Å². The second kappa shape index (κ2) is 4.19. The molecule has 17 heavy (non-hydrogen) atoms. The van der Waals surface area contributed by atoms with Crippen LogP contribution in [0, 0.1) is 5.41 Å². The summed E-state index contributed by atoms with van der Waals surface area (Å²) in [5, 5.41) is 1.72. The van der Waals surface area contributed by atoms with Crippen LogP contribution in [0.3, 0.4) is 0 Å². The molecule has 0 spiro atoms. The van der Waals surface area contributed by atoms with E-state index in [0.717, 1.165) is 15.9 Å². The maximum absolute atomic E-state index is 12.0. The summed E-state index contributed by atoms with van der Waals surface area (Å²) in [4.78, 5) is 12.0. The van der Waals surface area contributed by atoms with E-state index in [9.17, 15) is 4.79 Å². The van der Waals surface area contributed by atoms with E-state index < -0.39 is 0 Å². The number of halogens is 1. The number of rotatable bonds is 2.